The Bertz CT molecular complexity index is 339. The molecular formula is C11H15Cl2NO. The summed E-state index contributed by atoms with van der Waals surface area (Å²) in [6.45, 7) is 2.45. The van der Waals surface area contributed by atoms with Crippen molar-refractivity contribution in [2.45, 2.75) is 18.9 Å². The quantitative estimate of drug-likeness (QED) is 0.889. The summed E-state index contributed by atoms with van der Waals surface area (Å²) in [4.78, 5) is 0. The fraction of sp³-hybridized carbons (Fsp3) is 0.455. The number of ether oxygens (including phenoxy) is 1. The van der Waals surface area contributed by atoms with Crippen LogP contribution in [0.1, 0.15) is 12.5 Å². The molecule has 1 unspecified atom stereocenters. The molecule has 0 saturated carbocycles. The Labute approximate surface area is 100 Å². The Kier molecular flexibility index (Phi) is 4.41. The van der Waals surface area contributed by atoms with E-state index in [1.54, 1.807) is 13.2 Å². The van der Waals surface area contributed by atoms with Crippen LogP contribution in [0.4, 0.5) is 0 Å². The van der Waals surface area contributed by atoms with Gasteiger partial charge in [0.15, 0.2) is 0 Å². The van der Waals surface area contributed by atoms with E-state index in [2.05, 4.69) is 0 Å². The Morgan fingerprint density at radius 1 is 1.33 bits per heavy atom. The third-order valence-corrected chi connectivity index (χ3v) is 2.81. The first kappa shape index (κ1) is 12.8. The van der Waals surface area contributed by atoms with Crippen LogP contribution in [0.2, 0.25) is 10.0 Å². The van der Waals surface area contributed by atoms with Crippen LogP contribution in [0.25, 0.3) is 0 Å². The average molecular weight is 248 g/mol. The van der Waals surface area contributed by atoms with Gasteiger partial charge in [-0.05, 0) is 31.0 Å². The highest BCUT2D eigenvalue weighted by atomic mass is 35.5. The van der Waals surface area contributed by atoms with E-state index in [9.17, 15) is 0 Å². The Morgan fingerprint density at radius 3 is 2.53 bits per heavy atom. The normalized spacial score (nSPS) is 15.0. The lowest BCUT2D eigenvalue weighted by Crippen LogP contribution is -2.43. The standard InChI is InChI=1S/C11H15Cl2NO/c1-11(14,7-15-2)6-8-3-4-9(12)10(13)5-8/h3-5H,6-7,14H2,1-2H3. The van der Waals surface area contributed by atoms with E-state index in [1.165, 1.54) is 0 Å². The van der Waals surface area contributed by atoms with Crippen molar-refractivity contribution in [2.75, 3.05) is 13.7 Å². The first-order valence-corrected chi connectivity index (χ1v) is 5.42. The molecule has 0 aliphatic carbocycles. The van der Waals surface area contributed by atoms with E-state index >= 15 is 0 Å². The molecule has 2 N–H and O–H groups in total. The minimum absolute atomic E-state index is 0.383. The van der Waals surface area contributed by atoms with Gasteiger partial charge in [0.05, 0.1) is 16.7 Å². The van der Waals surface area contributed by atoms with Crippen LogP contribution in [0.15, 0.2) is 18.2 Å². The molecule has 0 amide bonds. The largest absolute Gasteiger partial charge is 0.383 e. The number of rotatable bonds is 4. The molecule has 0 heterocycles. The minimum Gasteiger partial charge on any atom is -0.383 e. The fourth-order valence-corrected chi connectivity index (χ4v) is 1.82. The van der Waals surface area contributed by atoms with Crippen LogP contribution in [0, 0.1) is 0 Å². The molecular weight excluding hydrogens is 233 g/mol. The molecule has 4 heteroatoms. The molecule has 0 radical (unpaired) electrons. The SMILES string of the molecule is COCC(C)(N)Cc1ccc(Cl)c(Cl)c1. The highest BCUT2D eigenvalue weighted by Crippen LogP contribution is 2.24. The molecule has 84 valence electrons. The van der Waals surface area contributed by atoms with Crippen molar-refractivity contribution < 1.29 is 4.74 Å². The van der Waals surface area contributed by atoms with Crippen molar-refractivity contribution in [3.05, 3.63) is 33.8 Å². The second-order valence-corrected chi connectivity index (χ2v) is 4.83. The lowest BCUT2D eigenvalue weighted by molar-refractivity contribution is 0.141. The molecule has 0 saturated heterocycles. The van der Waals surface area contributed by atoms with E-state index in [1.807, 2.05) is 19.1 Å². The maximum atomic E-state index is 6.05. The van der Waals surface area contributed by atoms with E-state index in [4.69, 9.17) is 33.7 Å². The van der Waals surface area contributed by atoms with E-state index in [0.717, 1.165) is 5.56 Å². The number of benzene rings is 1. The summed E-state index contributed by atoms with van der Waals surface area (Å²) in [7, 11) is 1.64. The second kappa shape index (κ2) is 5.17. The average Bonchev–Trinajstić information content (AvgIpc) is 2.10. The minimum atomic E-state index is -0.383. The van der Waals surface area contributed by atoms with Gasteiger partial charge in [-0.15, -0.1) is 0 Å². The molecule has 0 bridgehead atoms. The predicted molar refractivity (Wildman–Crippen MR) is 64.6 cm³/mol. The number of nitrogens with two attached hydrogens (primary N) is 1. The van der Waals surface area contributed by atoms with Gasteiger partial charge in [0.25, 0.3) is 0 Å². The van der Waals surface area contributed by atoms with Crippen molar-refractivity contribution in [1.29, 1.82) is 0 Å². The van der Waals surface area contributed by atoms with E-state index in [0.29, 0.717) is 23.1 Å². The maximum absolute atomic E-state index is 6.05. The first-order chi connectivity index (χ1) is 6.94. The number of hydrogen-bond acceptors (Lipinski definition) is 2. The molecule has 15 heavy (non-hydrogen) atoms. The molecule has 0 aliphatic heterocycles. The molecule has 1 rings (SSSR count). The van der Waals surface area contributed by atoms with Crippen LogP contribution in [0.5, 0.6) is 0 Å². The molecule has 0 aromatic heterocycles. The topological polar surface area (TPSA) is 35.2 Å². The Balaban J connectivity index is 2.76. The maximum Gasteiger partial charge on any atom is 0.0642 e. The number of hydrogen-bond donors (Lipinski definition) is 1. The fourth-order valence-electron chi connectivity index (χ4n) is 1.50. The lowest BCUT2D eigenvalue weighted by Gasteiger charge is -2.23. The monoisotopic (exact) mass is 247 g/mol. The number of methoxy groups -OCH3 is 1. The van der Waals surface area contributed by atoms with Gasteiger partial charge >= 0.3 is 0 Å². The highest BCUT2D eigenvalue weighted by molar-refractivity contribution is 6.42. The summed E-state index contributed by atoms with van der Waals surface area (Å²) in [6, 6.07) is 5.54. The third kappa shape index (κ3) is 3.99. The molecule has 1 aromatic carbocycles. The zero-order valence-electron chi connectivity index (χ0n) is 8.89. The summed E-state index contributed by atoms with van der Waals surface area (Å²) in [6.07, 6.45) is 0.706. The summed E-state index contributed by atoms with van der Waals surface area (Å²) < 4.78 is 5.05. The van der Waals surface area contributed by atoms with E-state index in [-0.39, 0.29) is 5.54 Å². The highest BCUT2D eigenvalue weighted by Gasteiger charge is 2.19. The van der Waals surface area contributed by atoms with Gasteiger partial charge in [0.1, 0.15) is 0 Å². The molecule has 1 atom stereocenters. The van der Waals surface area contributed by atoms with E-state index < -0.39 is 0 Å². The zero-order valence-corrected chi connectivity index (χ0v) is 10.4. The van der Waals surface area contributed by atoms with Crippen LogP contribution in [-0.4, -0.2) is 19.3 Å². The second-order valence-electron chi connectivity index (χ2n) is 4.01. The lowest BCUT2D eigenvalue weighted by atomic mass is 9.95. The van der Waals surface area contributed by atoms with Crippen molar-refractivity contribution in [1.82, 2.24) is 0 Å². The van der Waals surface area contributed by atoms with Gasteiger partial charge in [-0.3, -0.25) is 0 Å². The molecule has 0 aliphatic rings. The Hall–Kier alpha value is -0.280. The van der Waals surface area contributed by atoms with Gasteiger partial charge in [-0.25, -0.2) is 0 Å². The van der Waals surface area contributed by atoms with Crippen molar-refractivity contribution in [3.8, 4) is 0 Å². The van der Waals surface area contributed by atoms with Gasteiger partial charge in [0, 0.05) is 12.6 Å². The Morgan fingerprint density at radius 2 is 2.00 bits per heavy atom. The summed E-state index contributed by atoms with van der Waals surface area (Å²) in [5.41, 5.74) is 6.72. The molecule has 1 aromatic rings. The predicted octanol–water partition coefficient (Wildman–Crippen LogP) is 2.90. The molecule has 2 nitrogen and oxygen atoms in total. The summed E-state index contributed by atoms with van der Waals surface area (Å²) in [5, 5.41) is 1.12. The van der Waals surface area contributed by atoms with Crippen molar-refractivity contribution in [2.24, 2.45) is 5.73 Å². The molecule has 0 fully saturated rings. The summed E-state index contributed by atoms with van der Waals surface area (Å²) >= 11 is 11.7. The smallest absolute Gasteiger partial charge is 0.0642 e. The van der Waals surface area contributed by atoms with Crippen molar-refractivity contribution in [3.63, 3.8) is 0 Å². The van der Waals surface area contributed by atoms with Crippen molar-refractivity contribution >= 4 is 23.2 Å². The summed E-state index contributed by atoms with van der Waals surface area (Å²) in [5.74, 6) is 0. The third-order valence-electron chi connectivity index (χ3n) is 2.07. The van der Waals surface area contributed by atoms with Crippen LogP contribution < -0.4 is 5.73 Å². The molecule has 0 spiro atoms. The van der Waals surface area contributed by atoms with Gasteiger partial charge < -0.3 is 10.5 Å². The first-order valence-electron chi connectivity index (χ1n) is 4.66. The van der Waals surface area contributed by atoms with Crippen LogP contribution in [-0.2, 0) is 11.2 Å². The van der Waals surface area contributed by atoms with Gasteiger partial charge in [0.2, 0.25) is 0 Å². The van der Waals surface area contributed by atoms with Crippen LogP contribution >= 0.6 is 23.2 Å². The van der Waals surface area contributed by atoms with Crippen LogP contribution in [0.3, 0.4) is 0 Å². The number of halogens is 2. The van der Waals surface area contributed by atoms with Gasteiger partial charge in [-0.1, -0.05) is 29.3 Å². The zero-order chi connectivity index (χ0) is 11.5. The van der Waals surface area contributed by atoms with Gasteiger partial charge in [-0.2, -0.15) is 0 Å².